The molecule has 3 nitrogen and oxygen atoms in total. The number of nitrogens with one attached hydrogen (secondary N) is 1. The van der Waals surface area contributed by atoms with E-state index in [0.29, 0.717) is 12.1 Å². The first kappa shape index (κ1) is 20.4. The summed E-state index contributed by atoms with van der Waals surface area (Å²) in [6.07, 6.45) is 26.3. The second kappa shape index (κ2) is 14.9. The van der Waals surface area contributed by atoms with E-state index in [-0.39, 0.29) is 5.78 Å². The molecule has 0 aliphatic carbocycles. The fourth-order valence-corrected chi connectivity index (χ4v) is 2.64. The van der Waals surface area contributed by atoms with Crippen LogP contribution in [0.3, 0.4) is 0 Å². The number of Topliss-reactive ketones (excluding diaryl/α,β-unsaturated/α-hetero) is 1. The van der Waals surface area contributed by atoms with Gasteiger partial charge in [0.15, 0.2) is 5.78 Å². The molecular formula is C21H34N2O. The van der Waals surface area contributed by atoms with Crippen molar-refractivity contribution in [2.75, 3.05) is 0 Å². The van der Waals surface area contributed by atoms with Crippen molar-refractivity contribution in [2.45, 2.75) is 84.0 Å². The Morgan fingerprint density at radius 2 is 1.62 bits per heavy atom. The summed E-state index contributed by atoms with van der Waals surface area (Å²) in [5, 5.41) is 0. The molecule has 0 spiro atoms. The van der Waals surface area contributed by atoms with Crippen LogP contribution in [0.15, 0.2) is 36.8 Å². The van der Waals surface area contributed by atoms with Crippen LogP contribution in [-0.4, -0.2) is 15.8 Å². The van der Waals surface area contributed by atoms with E-state index in [1.54, 1.807) is 12.5 Å². The van der Waals surface area contributed by atoms with Gasteiger partial charge in [0.2, 0.25) is 0 Å². The standard InChI is InChI=1S/C21H34N2O/c1-2-3-4-5-6-7-8-9-10-11-12-13-14-15-16-17-21(24)20-18-22-19-23-20/h6-7,9-10,18-19H,2-5,8,11-17H2,1H3,(H,22,23). The van der Waals surface area contributed by atoms with Crippen molar-refractivity contribution in [1.29, 1.82) is 0 Å². The van der Waals surface area contributed by atoms with Crippen LogP contribution in [0, 0.1) is 0 Å². The fraction of sp³-hybridized carbons (Fsp3) is 0.619. The zero-order valence-corrected chi connectivity index (χ0v) is 15.3. The maximum absolute atomic E-state index is 11.8. The summed E-state index contributed by atoms with van der Waals surface area (Å²) in [4.78, 5) is 18.5. The van der Waals surface area contributed by atoms with E-state index in [2.05, 4.69) is 41.2 Å². The van der Waals surface area contributed by atoms with E-state index in [1.807, 2.05) is 0 Å². The van der Waals surface area contributed by atoms with Gasteiger partial charge in [0, 0.05) is 6.42 Å². The summed E-state index contributed by atoms with van der Waals surface area (Å²) in [5.41, 5.74) is 0.638. The summed E-state index contributed by atoms with van der Waals surface area (Å²) < 4.78 is 0. The van der Waals surface area contributed by atoms with Crippen molar-refractivity contribution in [3.8, 4) is 0 Å². The summed E-state index contributed by atoms with van der Waals surface area (Å²) in [6, 6.07) is 0. The number of ketones is 1. The van der Waals surface area contributed by atoms with Gasteiger partial charge in [-0.2, -0.15) is 0 Å². The van der Waals surface area contributed by atoms with Gasteiger partial charge in [-0.15, -0.1) is 0 Å². The van der Waals surface area contributed by atoms with Gasteiger partial charge in [0.05, 0.1) is 12.5 Å². The normalized spacial score (nSPS) is 11.7. The molecule has 1 aromatic rings. The Morgan fingerprint density at radius 3 is 2.29 bits per heavy atom. The van der Waals surface area contributed by atoms with Crippen LogP contribution >= 0.6 is 0 Å². The molecule has 1 aromatic heterocycles. The monoisotopic (exact) mass is 330 g/mol. The molecule has 0 radical (unpaired) electrons. The zero-order valence-electron chi connectivity index (χ0n) is 15.3. The summed E-state index contributed by atoms with van der Waals surface area (Å²) in [7, 11) is 0. The van der Waals surface area contributed by atoms with Crippen LogP contribution < -0.4 is 0 Å². The lowest BCUT2D eigenvalue weighted by atomic mass is 10.1. The summed E-state index contributed by atoms with van der Waals surface area (Å²) >= 11 is 0. The third-order valence-corrected chi connectivity index (χ3v) is 4.15. The van der Waals surface area contributed by atoms with Crippen molar-refractivity contribution in [3.05, 3.63) is 42.5 Å². The second-order valence-corrected chi connectivity index (χ2v) is 6.37. The van der Waals surface area contributed by atoms with Gasteiger partial charge in [0.25, 0.3) is 0 Å². The number of hydrogen-bond donors (Lipinski definition) is 1. The lowest BCUT2D eigenvalue weighted by molar-refractivity contribution is 0.0975. The second-order valence-electron chi connectivity index (χ2n) is 6.37. The number of imidazole rings is 1. The maximum atomic E-state index is 11.8. The molecule has 0 fully saturated rings. The molecule has 1 heterocycles. The van der Waals surface area contributed by atoms with Gasteiger partial charge in [0.1, 0.15) is 5.69 Å². The molecule has 0 aromatic carbocycles. The molecule has 0 unspecified atom stereocenters. The van der Waals surface area contributed by atoms with Crippen molar-refractivity contribution in [1.82, 2.24) is 9.97 Å². The van der Waals surface area contributed by atoms with Crippen LogP contribution in [0.2, 0.25) is 0 Å². The molecule has 0 aliphatic rings. The highest BCUT2D eigenvalue weighted by Crippen LogP contribution is 2.10. The van der Waals surface area contributed by atoms with E-state index < -0.39 is 0 Å². The Bertz CT molecular complexity index is 460. The molecule has 0 amide bonds. The van der Waals surface area contributed by atoms with Crippen molar-refractivity contribution in [3.63, 3.8) is 0 Å². The molecule has 0 saturated carbocycles. The number of allylic oxidation sites excluding steroid dienone is 4. The molecule has 0 aliphatic heterocycles. The van der Waals surface area contributed by atoms with Crippen LogP contribution in [0.1, 0.15) is 94.5 Å². The van der Waals surface area contributed by atoms with E-state index in [4.69, 9.17) is 0 Å². The Labute approximate surface area is 147 Å². The van der Waals surface area contributed by atoms with Gasteiger partial charge in [-0.05, 0) is 38.5 Å². The molecule has 0 atom stereocenters. The average Bonchev–Trinajstić information content (AvgIpc) is 3.13. The minimum atomic E-state index is 0.179. The van der Waals surface area contributed by atoms with E-state index >= 15 is 0 Å². The highest BCUT2D eigenvalue weighted by molar-refractivity contribution is 5.93. The number of aromatic amines is 1. The first-order valence-electron chi connectivity index (χ1n) is 9.66. The number of unbranched alkanes of at least 4 members (excludes halogenated alkanes) is 8. The predicted molar refractivity (Wildman–Crippen MR) is 102 cm³/mol. The minimum absolute atomic E-state index is 0.179. The zero-order chi connectivity index (χ0) is 17.3. The molecule has 134 valence electrons. The Balaban J connectivity index is 1.85. The van der Waals surface area contributed by atoms with Crippen LogP contribution in [0.5, 0.6) is 0 Å². The van der Waals surface area contributed by atoms with Gasteiger partial charge < -0.3 is 4.98 Å². The average molecular weight is 331 g/mol. The van der Waals surface area contributed by atoms with Crippen molar-refractivity contribution in [2.24, 2.45) is 0 Å². The number of aromatic nitrogens is 2. The van der Waals surface area contributed by atoms with Crippen LogP contribution in [-0.2, 0) is 0 Å². The van der Waals surface area contributed by atoms with Gasteiger partial charge >= 0.3 is 0 Å². The number of nitrogens with zero attached hydrogens (tertiary/aromatic N) is 1. The summed E-state index contributed by atoms with van der Waals surface area (Å²) in [6.45, 7) is 2.24. The molecule has 1 rings (SSSR count). The fourth-order valence-electron chi connectivity index (χ4n) is 2.64. The number of hydrogen-bond acceptors (Lipinski definition) is 2. The molecule has 24 heavy (non-hydrogen) atoms. The van der Waals surface area contributed by atoms with Crippen LogP contribution in [0.4, 0.5) is 0 Å². The Hall–Kier alpha value is -1.64. The van der Waals surface area contributed by atoms with E-state index in [9.17, 15) is 4.79 Å². The molecule has 1 N–H and O–H groups in total. The molecular weight excluding hydrogens is 296 g/mol. The third-order valence-electron chi connectivity index (χ3n) is 4.15. The smallest absolute Gasteiger partial charge is 0.180 e. The van der Waals surface area contributed by atoms with E-state index in [1.165, 1.54) is 51.4 Å². The highest BCUT2D eigenvalue weighted by Gasteiger charge is 2.05. The lowest BCUT2D eigenvalue weighted by Crippen LogP contribution is -1.98. The number of carbonyl (C=O) groups is 1. The molecule has 0 saturated heterocycles. The quantitative estimate of drug-likeness (QED) is 0.229. The highest BCUT2D eigenvalue weighted by atomic mass is 16.1. The first-order chi connectivity index (χ1) is 11.8. The van der Waals surface area contributed by atoms with Gasteiger partial charge in [-0.1, -0.05) is 63.3 Å². The largest absolute Gasteiger partial charge is 0.342 e. The van der Waals surface area contributed by atoms with Crippen LogP contribution in [0.25, 0.3) is 0 Å². The maximum Gasteiger partial charge on any atom is 0.180 e. The predicted octanol–water partition coefficient (Wildman–Crippen LogP) is 6.41. The third kappa shape index (κ3) is 11.0. The number of H-pyrrole nitrogens is 1. The number of carbonyl (C=O) groups excluding carboxylic acids is 1. The summed E-state index contributed by atoms with van der Waals surface area (Å²) in [5.74, 6) is 0.179. The Morgan fingerprint density at radius 1 is 0.958 bits per heavy atom. The molecule has 3 heteroatoms. The van der Waals surface area contributed by atoms with Crippen molar-refractivity contribution >= 4 is 5.78 Å². The van der Waals surface area contributed by atoms with Gasteiger partial charge in [-0.3, -0.25) is 4.79 Å². The topological polar surface area (TPSA) is 45.8 Å². The van der Waals surface area contributed by atoms with E-state index in [0.717, 1.165) is 19.3 Å². The Kier molecular flexibility index (Phi) is 12.7. The SMILES string of the molecule is CCCCCC=CCC=CCCCCCCCC(=O)c1cnc[nH]1. The minimum Gasteiger partial charge on any atom is -0.342 e. The van der Waals surface area contributed by atoms with Gasteiger partial charge in [-0.25, -0.2) is 4.98 Å². The number of rotatable bonds is 15. The first-order valence-corrected chi connectivity index (χ1v) is 9.66. The lowest BCUT2D eigenvalue weighted by Gasteiger charge is -2.00. The van der Waals surface area contributed by atoms with Crippen molar-refractivity contribution < 1.29 is 4.79 Å². The molecule has 0 bridgehead atoms.